The molecule has 0 aliphatic carbocycles. The van der Waals surface area contributed by atoms with Crippen LogP contribution in [-0.4, -0.2) is 24.6 Å². The van der Waals surface area contributed by atoms with Crippen molar-refractivity contribution in [1.82, 2.24) is 0 Å². The Morgan fingerprint density at radius 2 is 2.17 bits per heavy atom. The number of anilines is 1. The Labute approximate surface area is 110 Å². The first-order valence-corrected chi connectivity index (χ1v) is 5.64. The predicted molar refractivity (Wildman–Crippen MR) is 69.8 cm³/mol. The summed E-state index contributed by atoms with van der Waals surface area (Å²) in [6.45, 7) is 1.33. The highest BCUT2D eigenvalue weighted by atomic mass is 35.5. The lowest BCUT2D eigenvalue weighted by Crippen LogP contribution is -2.10. The van der Waals surface area contributed by atoms with Gasteiger partial charge in [0.15, 0.2) is 0 Å². The lowest BCUT2D eigenvalue weighted by molar-refractivity contribution is -0.144. The summed E-state index contributed by atoms with van der Waals surface area (Å²) in [5.74, 6) is -0.794. The number of halogens is 1. The van der Waals surface area contributed by atoms with Gasteiger partial charge in [-0.15, -0.1) is 0 Å². The number of ether oxygens (including phenoxy) is 1. The van der Waals surface area contributed by atoms with Crippen molar-refractivity contribution in [3.63, 3.8) is 0 Å². The summed E-state index contributed by atoms with van der Waals surface area (Å²) in [5, 5.41) is 4.38. The molecule has 5 nitrogen and oxygen atoms in total. The van der Waals surface area contributed by atoms with E-state index >= 15 is 0 Å². The van der Waals surface area contributed by atoms with E-state index < -0.39 is 5.97 Å². The first kappa shape index (κ1) is 14.2. The average Bonchev–Trinajstić information content (AvgIpc) is 2.30. The third-order valence-electron chi connectivity index (χ3n) is 1.86. The maximum absolute atomic E-state index is 11.0. The highest BCUT2D eigenvalue weighted by Gasteiger charge is 2.04. The van der Waals surface area contributed by atoms with Gasteiger partial charge in [0, 0.05) is 0 Å². The number of esters is 1. The Balaban J connectivity index is 2.28. The Bertz CT molecular complexity index is 460. The number of nitrogens with zero attached hydrogens (tertiary/aromatic N) is 1. The molecule has 0 saturated carbocycles. The summed E-state index contributed by atoms with van der Waals surface area (Å²) in [6.07, 6.45) is 1.16. The summed E-state index contributed by atoms with van der Waals surface area (Å²) in [7, 11) is 0. The van der Waals surface area contributed by atoms with E-state index in [2.05, 4.69) is 10.5 Å². The van der Waals surface area contributed by atoms with Crippen LogP contribution in [0.1, 0.15) is 13.3 Å². The molecule has 0 amide bonds. The van der Waals surface area contributed by atoms with E-state index in [0.717, 1.165) is 0 Å². The van der Waals surface area contributed by atoms with Crippen LogP contribution in [0.25, 0.3) is 0 Å². The number of carbonyl (C=O) groups is 2. The molecule has 1 aromatic carbocycles. The van der Waals surface area contributed by atoms with Crippen LogP contribution in [0.4, 0.5) is 5.69 Å². The lowest BCUT2D eigenvalue weighted by atomic mass is 10.3. The number of ketones is 1. The molecule has 1 N–H and O–H groups in total. The van der Waals surface area contributed by atoms with E-state index in [4.69, 9.17) is 16.3 Å². The first-order chi connectivity index (χ1) is 8.59. The van der Waals surface area contributed by atoms with Gasteiger partial charge in [0.2, 0.25) is 0 Å². The van der Waals surface area contributed by atoms with Gasteiger partial charge < -0.3 is 4.74 Å². The second-order valence-electron chi connectivity index (χ2n) is 3.47. The zero-order valence-electron chi connectivity index (χ0n) is 9.85. The number of hydrogen-bond donors (Lipinski definition) is 1. The van der Waals surface area contributed by atoms with Crippen molar-refractivity contribution in [2.75, 3.05) is 12.0 Å². The summed E-state index contributed by atoms with van der Waals surface area (Å²) in [6, 6.07) is 7.12. The van der Waals surface area contributed by atoms with Crippen molar-refractivity contribution < 1.29 is 14.3 Å². The summed E-state index contributed by atoms with van der Waals surface area (Å²) >= 11 is 5.89. The fourth-order valence-corrected chi connectivity index (χ4v) is 1.27. The van der Waals surface area contributed by atoms with Crippen LogP contribution in [0.2, 0.25) is 5.02 Å². The van der Waals surface area contributed by atoms with Crippen molar-refractivity contribution in [3.05, 3.63) is 29.3 Å². The molecule has 1 aromatic rings. The molecule has 0 atom stereocenters. The molecule has 18 heavy (non-hydrogen) atoms. The number of carbonyl (C=O) groups excluding carboxylic acids is 2. The standard InChI is InChI=1S/C12H13ClN2O3/c1-9(16)8-12(17)18-7-6-14-15-11-5-3-2-4-10(11)13/h2-6,15H,7-8H2,1H3. The van der Waals surface area contributed by atoms with Gasteiger partial charge in [-0.2, -0.15) is 5.10 Å². The average molecular weight is 269 g/mol. The topological polar surface area (TPSA) is 67.8 Å². The van der Waals surface area contributed by atoms with Gasteiger partial charge >= 0.3 is 5.97 Å². The molecular formula is C12H13ClN2O3. The normalized spacial score (nSPS) is 10.3. The van der Waals surface area contributed by atoms with E-state index in [0.29, 0.717) is 10.7 Å². The molecule has 0 heterocycles. The van der Waals surface area contributed by atoms with Gasteiger partial charge in [-0.3, -0.25) is 15.0 Å². The minimum atomic E-state index is -0.563. The Morgan fingerprint density at radius 1 is 1.44 bits per heavy atom. The molecule has 0 aromatic heterocycles. The van der Waals surface area contributed by atoms with Crippen LogP contribution >= 0.6 is 11.6 Å². The first-order valence-electron chi connectivity index (χ1n) is 5.26. The molecule has 0 bridgehead atoms. The van der Waals surface area contributed by atoms with Gasteiger partial charge in [0.1, 0.15) is 18.8 Å². The third kappa shape index (κ3) is 5.45. The molecule has 1 rings (SSSR count). The predicted octanol–water partition coefficient (Wildman–Crippen LogP) is 2.26. The summed E-state index contributed by atoms with van der Waals surface area (Å²) in [4.78, 5) is 21.6. The van der Waals surface area contributed by atoms with Crippen molar-refractivity contribution >= 4 is 35.3 Å². The lowest BCUT2D eigenvalue weighted by Gasteiger charge is -2.02. The summed E-state index contributed by atoms with van der Waals surface area (Å²) < 4.78 is 4.74. The largest absolute Gasteiger partial charge is 0.459 e. The van der Waals surface area contributed by atoms with E-state index in [9.17, 15) is 9.59 Å². The van der Waals surface area contributed by atoms with Gasteiger partial charge in [0.05, 0.1) is 16.9 Å². The highest BCUT2D eigenvalue weighted by molar-refractivity contribution is 6.33. The smallest absolute Gasteiger partial charge is 0.313 e. The highest BCUT2D eigenvalue weighted by Crippen LogP contribution is 2.19. The number of nitrogens with one attached hydrogen (secondary N) is 1. The van der Waals surface area contributed by atoms with Crippen molar-refractivity contribution in [1.29, 1.82) is 0 Å². The zero-order chi connectivity index (χ0) is 13.4. The molecule has 0 fully saturated rings. The van der Waals surface area contributed by atoms with Crippen LogP contribution in [0, 0.1) is 0 Å². The maximum atomic E-state index is 11.0. The van der Waals surface area contributed by atoms with Crippen LogP contribution in [0.15, 0.2) is 29.4 Å². The number of hydrogen-bond acceptors (Lipinski definition) is 5. The molecule has 6 heteroatoms. The molecule has 0 spiro atoms. The van der Waals surface area contributed by atoms with E-state index in [1.54, 1.807) is 18.2 Å². The third-order valence-corrected chi connectivity index (χ3v) is 2.19. The van der Waals surface area contributed by atoms with E-state index in [-0.39, 0.29) is 18.8 Å². The fraction of sp³-hybridized carbons (Fsp3) is 0.250. The molecule has 0 radical (unpaired) electrons. The SMILES string of the molecule is CC(=O)CC(=O)OCC=NNc1ccccc1Cl. The summed E-state index contributed by atoms with van der Waals surface area (Å²) in [5.41, 5.74) is 3.36. The van der Waals surface area contributed by atoms with E-state index in [1.807, 2.05) is 6.07 Å². The Kier molecular flexibility index (Phi) is 5.87. The second kappa shape index (κ2) is 7.45. The number of rotatable bonds is 6. The molecular weight excluding hydrogens is 256 g/mol. The van der Waals surface area contributed by atoms with Gasteiger partial charge in [-0.1, -0.05) is 23.7 Å². The van der Waals surface area contributed by atoms with Crippen molar-refractivity contribution in [3.8, 4) is 0 Å². The minimum absolute atomic E-state index is 0.00354. The number of Topliss-reactive ketones (excluding diaryl/α,β-unsaturated/α-hetero) is 1. The monoisotopic (exact) mass is 268 g/mol. The molecule has 0 unspecified atom stereocenters. The minimum Gasteiger partial charge on any atom is -0.459 e. The van der Waals surface area contributed by atoms with Crippen LogP contribution < -0.4 is 5.43 Å². The van der Waals surface area contributed by atoms with Gasteiger partial charge in [0.25, 0.3) is 0 Å². The van der Waals surface area contributed by atoms with Crippen molar-refractivity contribution in [2.24, 2.45) is 5.10 Å². The van der Waals surface area contributed by atoms with Crippen LogP contribution in [0.5, 0.6) is 0 Å². The zero-order valence-corrected chi connectivity index (χ0v) is 10.6. The molecule has 0 aliphatic heterocycles. The van der Waals surface area contributed by atoms with Crippen LogP contribution in [0.3, 0.4) is 0 Å². The number of para-hydroxylation sites is 1. The van der Waals surface area contributed by atoms with E-state index in [1.165, 1.54) is 13.1 Å². The van der Waals surface area contributed by atoms with Gasteiger partial charge in [-0.25, -0.2) is 0 Å². The number of benzene rings is 1. The van der Waals surface area contributed by atoms with Gasteiger partial charge in [-0.05, 0) is 19.1 Å². The van der Waals surface area contributed by atoms with Crippen molar-refractivity contribution in [2.45, 2.75) is 13.3 Å². The quantitative estimate of drug-likeness (QED) is 0.372. The maximum Gasteiger partial charge on any atom is 0.313 e. The Hall–Kier alpha value is -1.88. The Morgan fingerprint density at radius 3 is 2.83 bits per heavy atom. The number of hydrazone groups is 1. The molecule has 0 saturated heterocycles. The molecule has 0 aliphatic rings. The second-order valence-corrected chi connectivity index (χ2v) is 3.87. The fourth-order valence-electron chi connectivity index (χ4n) is 1.09. The van der Waals surface area contributed by atoms with Crippen LogP contribution in [-0.2, 0) is 14.3 Å². The molecule has 96 valence electrons.